The van der Waals surface area contributed by atoms with Crippen molar-refractivity contribution in [2.45, 2.75) is 57.8 Å². The van der Waals surface area contributed by atoms with Crippen molar-refractivity contribution in [3.8, 4) is 0 Å². The summed E-state index contributed by atoms with van der Waals surface area (Å²) >= 11 is 1.46. The summed E-state index contributed by atoms with van der Waals surface area (Å²) in [6, 6.07) is 21.1. The maximum absolute atomic E-state index is 2.99. The fraction of sp³-hybridized carbons (Fsp3) is 0.290. The molecule has 0 atom stereocenters. The van der Waals surface area contributed by atoms with Crippen LogP contribution in [0.2, 0.25) is 0 Å². The van der Waals surface area contributed by atoms with Gasteiger partial charge in [-0.2, -0.15) is 11.6 Å². The summed E-state index contributed by atoms with van der Waals surface area (Å²) in [5, 5.41) is 0. The summed E-state index contributed by atoms with van der Waals surface area (Å²) in [6.45, 7) is 0. The van der Waals surface area contributed by atoms with Gasteiger partial charge in [0.25, 0.3) is 0 Å². The van der Waals surface area contributed by atoms with E-state index in [2.05, 4.69) is 79.2 Å². The molecule has 0 heterocycles. The summed E-state index contributed by atoms with van der Waals surface area (Å²) in [5.74, 6) is 0. The van der Waals surface area contributed by atoms with E-state index in [0.29, 0.717) is 0 Å². The zero-order valence-electron chi connectivity index (χ0n) is 19.7. The van der Waals surface area contributed by atoms with Crippen molar-refractivity contribution in [3.05, 3.63) is 125 Å². The summed E-state index contributed by atoms with van der Waals surface area (Å²) in [7, 11) is 0. The van der Waals surface area contributed by atoms with Gasteiger partial charge in [-0.3, -0.25) is 6.08 Å². The van der Waals surface area contributed by atoms with Crippen LogP contribution in [0.5, 0.6) is 0 Å². The van der Waals surface area contributed by atoms with Crippen LogP contribution >= 0.6 is 0 Å². The summed E-state index contributed by atoms with van der Waals surface area (Å²) in [6.07, 6.45) is 23.6. The van der Waals surface area contributed by atoms with E-state index in [9.17, 15) is 0 Å². The quantitative estimate of drug-likeness (QED) is 0.489. The molecule has 0 N–H and O–H groups in total. The van der Waals surface area contributed by atoms with Gasteiger partial charge in [0.2, 0.25) is 0 Å². The SMILES string of the molecule is [C-]1=CC=CC1.[CH-]1CCCC2=C1CC1=C2CCCC1.[Cl-].[Cl-].[Zr+2]=[C](c1ccccc1)c1ccccc1. The van der Waals surface area contributed by atoms with Crippen LogP contribution in [-0.2, 0) is 24.2 Å². The minimum absolute atomic E-state index is 0. The predicted molar refractivity (Wildman–Crippen MR) is 133 cm³/mol. The first-order valence-corrected chi connectivity index (χ1v) is 13.2. The van der Waals surface area contributed by atoms with Gasteiger partial charge in [-0.15, -0.1) is 18.4 Å². The average Bonchev–Trinajstić information content (AvgIpc) is 3.57. The third-order valence-electron chi connectivity index (χ3n) is 6.47. The van der Waals surface area contributed by atoms with Crippen molar-refractivity contribution in [1.29, 1.82) is 0 Å². The predicted octanol–water partition coefficient (Wildman–Crippen LogP) is 2.06. The molecule has 0 fully saturated rings. The molecule has 4 aliphatic rings. The van der Waals surface area contributed by atoms with Crippen LogP contribution in [0.3, 0.4) is 0 Å². The molecule has 0 aliphatic heterocycles. The minimum atomic E-state index is 0. The van der Waals surface area contributed by atoms with E-state index >= 15 is 0 Å². The number of hydrogen-bond acceptors (Lipinski definition) is 0. The number of allylic oxidation sites excluding steroid dienone is 8. The molecular weight excluding hydrogens is 534 g/mol. The Morgan fingerprint density at radius 2 is 1.38 bits per heavy atom. The third-order valence-corrected chi connectivity index (χ3v) is 7.89. The van der Waals surface area contributed by atoms with Crippen molar-refractivity contribution < 1.29 is 49.0 Å². The topological polar surface area (TPSA) is 0 Å². The molecular formula is C31H32Cl2Zr-2. The summed E-state index contributed by atoms with van der Waals surface area (Å²) in [5.41, 5.74) is 9.72. The zero-order chi connectivity index (χ0) is 22.0. The zero-order valence-corrected chi connectivity index (χ0v) is 23.7. The standard InChI is InChI=1S/C13H17.C13H10.C5H5.2ClH.Zr/c1-3-7-12-10(5-1)9-11-6-2-4-8-13(11)12;1-3-7-12(8-4-1)11-13-9-5-2-6-10-13;1-2-4-5-3-1;;;/h5H,1-4,6-9H2;1-10H;1-3H,4H2;2*1H;/q-1;;-1;;;+2/p-2. The number of hydrogen-bond donors (Lipinski definition) is 0. The number of rotatable bonds is 2. The van der Waals surface area contributed by atoms with Crippen molar-refractivity contribution in [2.75, 3.05) is 0 Å². The third kappa shape index (κ3) is 8.08. The molecule has 34 heavy (non-hydrogen) atoms. The first-order chi connectivity index (χ1) is 15.8. The van der Waals surface area contributed by atoms with Crippen LogP contribution in [0, 0.1) is 12.5 Å². The second-order valence-electron chi connectivity index (χ2n) is 8.68. The van der Waals surface area contributed by atoms with E-state index < -0.39 is 0 Å². The second-order valence-corrected chi connectivity index (χ2v) is 9.91. The number of benzene rings is 2. The van der Waals surface area contributed by atoms with Gasteiger partial charge in [-0.05, 0) is 25.7 Å². The number of halogens is 2. The van der Waals surface area contributed by atoms with Crippen molar-refractivity contribution in [2.24, 2.45) is 0 Å². The van der Waals surface area contributed by atoms with Gasteiger partial charge in [-0.1, -0.05) is 24.8 Å². The fourth-order valence-corrected chi connectivity index (χ4v) is 5.66. The van der Waals surface area contributed by atoms with Gasteiger partial charge in [0, 0.05) is 0 Å². The molecule has 2 aromatic carbocycles. The first kappa shape index (κ1) is 28.8. The second kappa shape index (κ2) is 15.6. The van der Waals surface area contributed by atoms with Crippen LogP contribution in [0.4, 0.5) is 0 Å². The van der Waals surface area contributed by atoms with Crippen molar-refractivity contribution in [1.82, 2.24) is 0 Å². The molecule has 0 amide bonds. The fourth-order valence-electron chi connectivity index (χ4n) is 4.84. The molecule has 2 aromatic rings. The molecule has 3 heteroatoms. The van der Waals surface area contributed by atoms with E-state index in [1.807, 2.05) is 12.2 Å². The molecule has 4 aliphatic carbocycles. The Morgan fingerprint density at radius 1 is 0.765 bits per heavy atom. The van der Waals surface area contributed by atoms with Crippen molar-refractivity contribution >= 4 is 3.21 Å². The molecule has 6 rings (SSSR count). The Bertz CT molecular complexity index is 948. The van der Waals surface area contributed by atoms with Gasteiger partial charge in [0.05, 0.1) is 0 Å². The normalized spacial score (nSPS) is 17.0. The van der Waals surface area contributed by atoms with E-state index in [-0.39, 0.29) is 24.8 Å². The Morgan fingerprint density at radius 3 is 1.94 bits per heavy atom. The van der Waals surface area contributed by atoms with Crippen LogP contribution in [0.1, 0.15) is 68.9 Å². The molecule has 0 nitrogen and oxygen atoms in total. The monoisotopic (exact) mass is 564 g/mol. The molecule has 0 aromatic heterocycles. The molecule has 0 radical (unpaired) electrons. The molecule has 176 valence electrons. The summed E-state index contributed by atoms with van der Waals surface area (Å²) in [4.78, 5) is 0. The van der Waals surface area contributed by atoms with Crippen LogP contribution in [-0.4, -0.2) is 3.21 Å². The van der Waals surface area contributed by atoms with Crippen LogP contribution in [0.25, 0.3) is 0 Å². The Kier molecular flexibility index (Phi) is 13.2. The van der Waals surface area contributed by atoms with E-state index in [1.54, 1.807) is 22.3 Å². The Hall–Kier alpha value is -1.40. The van der Waals surface area contributed by atoms with E-state index in [0.717, 1.165) is 6.42 Å². The van der Waals surface area contributed by atoms with Gasteiger partial charge >= 0.3 is 99.2 Å². The molecule has 0 saturated carbocycles. The summed E-state index contributed by atoms with van der Waals surface area (Å²) < 4.78 is 1.42. The molecule has 0 spiro atoms. The first-order valence-electron chi connectivity index (χ1n) is 12.0. The van der Waals surface area contributed by atoms with Gasteiger partial charge in [-0.25, -0.2) is 24.1 Å². The Labute approximate surface area is 233 Å². The van der Waals surface area contributed by atoms with E-state index in [1.165, 1.54) is 89.9 Å². The molecule has 0 saturated heterocycles. The van der Waals surface area contributed by atoms with Crippen molar-refractivity contribution in [3.63, 3.8) is 0 Å². The Balaban J connectivity index is 0.000000191. The molecule has 0 unspecified atom stereocenters. The number of fused-ring (bicyclic) bond motifs is 1. The van der Waals surface area contributed by atoms with E-state index in [4.69, 9.17) is 0 Å². The maximum atomic E-state index is 2.99. The average molecular weight is 567 g/mol. The van der Waals surface area contributed by atoms with Gasteiger partial charge < -0.3 is 24.8 Å². The van der Waals surface area contributed by atoms with Gasteiger partial charge in [0.1, 0.15) is 0 Å². The van der Waals surface area contributed by atoms with Crippen LogP contribution in [0.15, 0.2) is 101 Å². The van der Waals surface area contributed by atoms with Crippen LogP contribution < -0.4 is 24.8 Å². The van der Waals surface area contributed by atoms with Gasteiger partial charge in [0.15, 0.2) is 0 Å². The molecule has 0 bridgehead atoms.